The number of nitrogens with zero attached hydrogens (tertiary/aromatic N) is 2. The summed E-state index contributed by atoms with van der Waals surface area (Å²) >= 11 is 0. The van der Waals surface area contributed by atoms with Crippen molar-refractivity contribution in [2.75, 3.05) is 17.7 Å². The predicted molar refractivity (Wildman–Crippen MR) is 63.2 cm³/mol. The zero-order chi connectivity index (χ0) is 12.5. The van der Waals surface area contributed by atoms with Crippen LogP contribution >= 0.6 is 0 Å². The summed E-state index contributed by atoms with van der Waals surface area (Å²) in [5.41, 5.74) is 6.17. The molecule has 0 aliphatic rings. The molecule has 0 fully saturated rings. The van der Waals surface area contributed by atoms with Crippen molar-refractivity contribution in [3.05, 3.63) is 16.0 Å². The van der Waals surface area contributed by atoms with E-state index < -0.39 is 9.84 Å². The number of aromatic nitrogens is 2. The summed E-state index contributed by atoms with van der Waals surface area (Å²) in [7, 11) is -3.08. The van der Waals surface area contributed by atoms with Crippen molar-refractivity contribution < 1.29 is 8.42 Å². The van der Waals surface area contributed by atoms with Crippen LogP contribution in [0.1, 0.15) is 12.6 Å². The Balaban J connectivity index is 3.14. The van der Waals surface area contributed by atoms with E-state index >= 15 is 0 Å². The van der Waals surface area contributed by atoms with Crippen molar-refractivity contribution in [2.24, 2.45) is 0 Å². The smallest absolute Gasteiger partial charge is 0.290 e. The fourth-order valence-electron chi connectivity index (χ4n) is 1.61. The predicted octanol–water partition coefficient (Wildman–Crippen LogP) is -0.395. The lowest BCUT2D eigenvalue weighted by Gasteiger charge is -2.10. The van der Waals surface area contributed by atoms with Gasteiger partial charge in [0.15, 0.2) is 0 Å². The van der Waals surface area contributed by atoms with E-state index in [1.54, 1.807) is 11.6 Å². The average molecular weight is 247 g/mol. The molecule has 7 heteroatoms. The highest BCUT2D eigenvalue weighted by atomic mass is 32.2. The molecule has 1 rings (SSSR count). The van der Waals surface area contributed by atoms with Gasteiger partial charge >= 0.3 is 0 Å². The molecule has 6 nitrogen and oxygen atoms in total. The average Bonchev–Trinajstić information content (AvgIpc) is 2.38. The highest BCUT2D eigenvalue weighted by Gasteiger charge is 2.14. The van der Waals surface area contributed by atoms with Gasteiger partial charge in [-0.2, -0.15) is 0 Å². The molecule has 2 N–H and O–H groups in total. The van der Waals surface area contributed by atoms with Crippen molar-refractivity contribution in [3.8, 4) is 0 Å². The van der Waals surface area contributed by atoms with Crippen LogP contribution in [0.3, 0.4) is 0 Å². The first-order chi connectivity index (χ1) is 7.28. The van der Waals surface area contributed by atoms with Gasteiger partial charge in [0.2, 0.25) is 0 Å². The van der Waals surface area contributed by atoms with Crippen LogP contribution in [0.25, 0.3) is 0 Å². The van der Waals surface area contributed by atoms with Gasteiger partial charge in [0.1, 0.15) is 15.5 Å². The summed E-state index contributed by atoms with van der Waals surface area (Å²) in [5.74, 6) is -0.0597. The monoisotopic (exact) mass is 247 g/mol. The van der Waals surface area contributed by atoms with Gasteiger partial charge in [0, 0.05) is 12.8 Å². The van der Waals surface area contributed by atoms with Gasteiger partial charge in [0.05, 0.1) is 18.0 Å². The number of hydrogen-bond donors (Lipinski definition) is 1. The number of anilines is 1. The Morgan fingerprint density at radius 1 is 1.31 bits per heavy atom. The van der Waals surface area contributed by atoms with Crippen molar-refractivity contribution >= 4 is 15.5 Å². The van der Waals surface area contributed by atoms with Gasteiger partial charge in [-0.05, 0) is 13.8 Å². The van der Waals surface area contributed by atoms with Gasteiger partial charge in [-0.15, -0.1) is 0 Å². The van der Waals surface area contributed by atoms with E-state index in [2.05, 4.69) is 0 Å². The molecule has 0 spiro atoms. The molecular weight excluding hydrogens is 230 g/mol. The molecule has 0 aliphatic carbocycles. The van der Waals surface area contributed by atoms with Gasteiger partial charge < -0.3 is 5.73 Å². The molecule has 0 saturated heterocycles. The fourth-order valence-corrected chi connectivity index (χ4v) is 2.11. The number of sulfone groups is 1. The summed E-state index contributed by atoms with van der Waals surface area (Å²) in [4.78, 5) is 11.7. The summed E-state index contributed by atoms with van der Waals surface area (Å²) < 4.78 is 25.2. The fraction of sp³-hybridized carbons (Fsp3) is 0.667. The molecule has 0 amide bonds. The van der Waals surface area contributed by atoms with Crippen LogP contribution in [0.4, 0.5) is 5.69 Å². The van der Waals surface area contributed by atoms with Gasteiger partial charge in [-0.1, -0.05) is 0 Å². The molecule has 0 saturated carbocycles. The van der Waals surface area contributed by atoms with E-state index in [-0.39, 0.29) is 23.5 Å². The van der Waals surface area contributed by atoms with Gasteiger partial charge in [-0.3, -0.25) is 9.48 Å². The van der Waals surface area contributed by atoms with Crippen LogP contribution in [0, 0.1) is 6.92 Å². The Kier molecular flexibility index (Phi) is 3.47. The summed E-state index contributed by atoms with van der Waals surface area (Å²) in [5, 5.41) is 0. The van der Waals surface area contributed by atoms with Crippen LogP contribution in [-0.4, -0.2) is 29.8 Å². The standard InChI is InChI=1S/C9H17N3O3S/c1-4-11-7(2)8(10)9(13)12(11)5-6-16(3,14)15/h4-6,10H2,1-3H3. The van der Waals surface area contributed by atoms with Crippen molar-refractivity contribution in [2.45, 2.75) is 26.9 Å². The van der Waals surface area contributed by atoms with Crippen LogP contribution in [0.5, 0.6) is 0 Å². The van der Waals surface area contributed by atoms with Crippen LogP contribution in [-0.2, 0) is 22.9 Å². The summed E-state index contributed by atoms with van der Waals surface area (Å²) in [6, 6.07) is 0. The molecule has 0 bridgehead atoms. The zero-order valence-corrected chi connectivity index (χ0v) is 10.5. The van der Waals surface area contributed by atoms with Crippen LogP contribution in [0.15, 0.2) is 4.79 Å². The minimum Gasteiger partial charge on any atom is -0.393 e. The minimum atomic E-state index is -3.08. The highest BCUT2D eigenvalue weighted by molar-refractivity contribution is 7.90. The van der Waals surface area contributed by atoms with Crippen molar-refractivity contribution in [1.82, 2.24) is 9.36 Å². The molecule has 1 aromatic heterocycles. The Labute approximate surface area is 94.6 Å². The quantitative estimate of drug-likeness (QED) is 0.784. The second-order valence-electron chi connectivity index (χ2n) is 3.77. The lowest BCUT2D eigenvalue weighted by Crippen LogP contribution is -2.27. The Morgan fingerprint density at radius 2 is 1.88 bits per heavy atom. The first-order valence-electron chi connectivity index (χ1n) is 5.01. The molecule has 92 valence electrons. The Hall–Kier alpha value is -1.24. The minimum absolute atomic E-state index is 0.0597. The van der Waals surface area contributed by atoms with Gasteiger partial charge in [-0.25, -0.2) is 13.1 Å². The SMILES string of the molecule is CCn1c(C)c(N)c(=O)n1CCS(C)(=O)=O. The lowest BCUT2D eigenvalue weighted by molar-refractivity contribution is 0.466. The Bertz CT molecular complexity index is 539. The number of nitrogens with two attached hydrogens (primary N) is 1. The largest absolute Gasteiger partial charge is 0.393 e. The van der Waals surface area contributed by atoms with E-state index in [4.69, 9.17) is 5.73 Å². The molecule has 16 heavy (non-hydrogen) atoms. The molecular formula is C9H17N3O3S. The van der Waals surface area contributed by atoms with E-state index in [9.17, 15) is 13.2 Å². The van der Waals surface area contributed by atoms with Crippen LogP contribution < -0.4 is 11.3 Å². The summed E-state index contributed by atoms with van der Waals surface area (Å²) in [6.07, 6.45) is 1.15. The molecule has 0 aliphatic heterocycles. The first-order valence-corrected chi connectivity index (χ1v) is 7.07. The molecule has 0 atom stereocenters. The van der Waals surface area contributed by atoms with Crippen LogP contribution in [0.2, 0.25) is 0 Å². The topological polar surface area (TPSA) is 87.1 Å². The number of nitrogen functional groups attached to an aromatic ring is 1. The van der Waals surface area contributed by atoms with Gasteiger partial charge in [0.25, 0.3) is 5.56 Å². The molecule has 0 aromatic carbocycles. The molecule has 1 heterocycles. The molecule has 0 radical (unpaired) electrons. The van der Waals surface area contributed by atoms with E-state index in [0.717, 1.165) is 6.26 Å². The first kappa shape index (κ1) is 12.8. The number of hydrogen-bond acceptors (Lipinski definition) is 4. The van der Waals surface area contributed by atoms with Crippen molar-refractivity contribution in [1.29, 1.82) is 0 Å². The maximum Gasteiger partial charge on any atom is 0.290 e. The third kappa shape index (κ3) is 2.46. The lowest BCUT2D eigenvalue weighted by atomic mass is 10.4. The second kappa shape index (κ2) is 4.32. The number of rotatable bonds is 4. The molecule has 0 unspecified atom stereocenters. The zero-order valence-electron chi connectivity index (χ0n) is 9.73. The van der Waals surface area contributed by atoms with E-state index in [1.165, 1.54) is 4.68 Å². The third-order valence-electron chi connectivity index (χ3n) is 2.51. The van der Waals surface area contributed by atoms with E-state index in [1.807, 2.05) is 6.92 Å². The second-order valence-corrected chi connectivity index (χ2v) is 6.03. The van der Waals surface area contributed by atoms with Crippen molar-refractivity contribution in [3.63, 3.8) is 0 Å². The third-order valence-corrected chi connectivity index (χ3v) is 3.43. The summed E-state index contributed by atoms with van der Waals surface area (Å²) in [6.45, 7) is 4.35. The highest BCUT2D eigenvalue weighted by Crippen LogP contribution is 2.06. The molecule has 1 aromatic rings. The maximum atomic E-state index is 11.7. The van der Waals surface area contributed by atoms with E-state index in [0.29, 0.717) is 12.2 Å². The normalized spacial score (nSPS) is 11.9. The Morgan fingerprint density at radius 3 is 2.31 bits per heavy atom. The maximum absolute atomic E-state index is 11.7.